The number of carbonyl (C=O) groups excluding carboxylic acids is 1. The quantitative estimate of drug-likeness (QED) is 0.686. The maximum atomic E-state index is 11.8. The summed E-state index contributed by atoms with van der Waals surface area (Å²) in [5, 5.41) is 9.55. The predicted molar refractivity (Wildman–Crippen MR) is 68.5 cm³/mol. The average molecular weight is 242 g/mol. The van der Waals surface area contributed by atoms with E-state index in [9.17, 15) is 9.90 Å². The van der Waals surface area contributed by atoms with Crippen LogP contribution < -0.4 is 5.73 Å². The van der Waals surface area contributed by atoms with Gasteiger partial charge in [-0.25, -0.2) is 0 Å². The van der Waals surface area contributed by atoms with Crippen molar-refractivity contribution in [3.05, 3.63) is 0 Å². The number of rotatable bonds is 6. The number of hydrogen-bond acceptors (Lipinski definition) is 3. The van der Waals surface area contributed by atoms with E-state index in [-0.39, 0.29) is 5.91 Å². The normalized spacial score (nSPS) is 20.2. The molecule has 1 aliphatic heterocycles. The molecule has 100 valence electrons. The van der Waals surface area contributed by atoms with E-state index in [0.717, 1.165) is 19.3 Å². The first-order chi connectivity index (χ1) is 7.82. The largest absolute Gasteiger partial charge is 0.386 e. The molecule has 1 aliphatic rings. The third kappa shape index (κ3) is 4.64. The van der Waals surface area contributed by atoms with E-state index in [4.69, 9.17) is 5.73 Å². The Morgan fingerprint density at radius 2 is 1.88 bits per heavy atom. The molecule has 4 heteroatoms. The smallest absolute Gasteiger partial charge is 0.239 e. The van der Waals surface area contributed by atoms with E-state index < -0.39 is 11.6 Å². The SMILES string of the molecule is CC(C)CCCCC(N)C(=O)N1CC(C)(O)C1. The molecular weight excluding hydrogens is 216 g/mol. The fraction of sp³-hybridized carbons (Fsp3) is 0.923. The minimum atomic E-state index is -0.701. The molecule has 0 spiro atoms. The number of nitrogens with zero attached hydrogens (tertiary/aromatic N) is 1. The molecule has 3 N–H and O–H groups in total. The fourth-order valence-electron chi connectivity index (χ4n) is 2.21. The molecule has 17 heavy (non-hydrogen) atoms. The highest BCUT2D eigenvalue weighted by molar-refractivity contribution is 5.82. The Hall–Kier alpha value is -0.610. The van der Waals surface area contributed by atoms with Gasteiger partial charge in [-0.15, -0.1) is 0 Å². The second-order valence-corrected chi connectivity index (χ2v) is 5.98. The third-order valence-corrected chi connectivity index (χ3v) is 3.24. The van der Waals surface area contributed by atoms with Gasteiger partial charge >= 0.3 is 0 Å². The summed E-state index contributed by atoms with van der Waals surface area (Å²) in [6.07, 6.45) is 4.09. The Bertz CT molecular complexity index is 256. The van der Waals surface area contributed by atoms with Crippen LogP contribution in [0.3, 0.4) is 0 Å². The van der Waals surface area contributed by atoms with E-state index >= 15 is 0 Å². The Labute approximate surface area is 104 Å². The summed E-state index contributed by atoms with van der Waals surface area (Å²) in [6.45, 7) is 6.99. The number of hydrogen-bond donors (Lipinski definition) is 2. The van der Waals surface area contributed by atoms with E-state index in [0.29, 0.717) is 19.0 Å². The van der Waals surface area contributed by atoms with Gasteiger partial charge in [0, 0.05) is 0 Å². The van der Waals surface area contributed by atoms with Gasteiger partial charge in [0.25, 0.3) is 0 Å². The fourth-order valence-corrected chi connectivity index (χ4v) is 2.21. The zero-order valence-corrected chi connectivity index (χ0v) is 11.3. The molecule has 0 radical (unpaired) electrons. The van der Waals surface area contributed by atoms with Crippen LogP contribution in [0.4, 0.5) is 0 Å². The number of unbranched alkanes of at least 4 members (excludes halogenated alkanes) is 1. The van der Waals surface area contributed by atoms with Gasteiger partial charge in [0.1, 0.15) is 0 Å². The highest BCUT2D eigenvalue weighted by Gasteiger charge is 2.40. The standard InChI is InChI=1S/C13H26N2O2/c1-10(2)6-4-5-7-11(14)12(16)15-8-13(3,17)9-15/h10-11,17H,4-9,14H2,1-3H3. The maximum Gasteiger partial charge on any atom is 0.239 e. The minimum absolute atomic E-state index is 0.0129. The van der Waals surface area contributed by atoms with Gasteiger partial charge in [0.15, 0.2) is 0 Å². The second kappa shape index (κ2) is 5.83. The number of carbonyl (C=O) groups is 1. The lowest BCUT2D eigenvalue weighted by molar-refractivity contribution is -0.153. The summed E-state index contributed by atoms with van der Waals surface area (Å²) in [4.78, 5) is 13.5. The highest BCUT2D eigenvalue weighted by atomic mass is 16.3. The van der Waals surface area contributed by atoms with Gasteiger partial charge < -0.3 is 15.7 Å². The summed E-state index contributed by atoms with van der Waals surface area (Å²) in [5.41, 5.74) is 5.16. The highest BCUT2D eigenvalue weighted by Crippen LogP contribution is 2.21. The van der Waals surface area contributed by atoms with Gasteiger partial charge in [-0.2, -0.15) is 0 Å². The predicted octanol–water partition coefficient (Wildman–Crippen LogP) is 1.12. The number of aliphatic hydroxyl groups is 1. The molecule has 1 saturated heterocycles. The Balaban J connectivity index is 2.15. The molecule has 1 fully saturated rings. The van der Waals surface area contributed by atoms with Crippen LogP contribution in [0, 0.1) is 5.92 Å². The zero-order valence-electron chi connectivity index (χ0n) is 11.3. The third-order valence-electron chi connectivity index (χ3n) is 3.24. The summed E-state index contributed by atoms with van der Waals surface area (Å²) >= 11 is 0. The number of likely N-dealkylation sites (tertiary alicyclic amines) is 1. The first kappa shape index (κ1) is 14.5. The topological polar surface area (TPSA) is 66.6 Å². The van der Waals surface area contributed by atoms with Crippen molar-refractivity contribution >= 4 is 5.91 Å². The summed E-state index contributed by atoms with van der Waals surface area (Å²) in [5.74, 6) is 0.702. The van der Waals surface area contributed by atoms with Crippen LogP contribution in [0.25, 0.3) is 0 Å². The number of amides is 1. The second-order valence-electron chi connectivity index (χ2n) is 5.98. The summed E-state index contributed by atoms with van der Waals surface area (Å²) in [7, 11) is 0. The van der Waals surface area contributed by atoms with Crippen molar-refractivity contribution in [2.75, 3.05) is 13.1 Å². The minimum Gasteiger partial charge on any atom is -0.386 e. The van der Waals surface area contributed by atoms with E-state index in [1.807, 2.05) is 0 Å². The van der Waals surface area contributed by atoms with E-state index in [1.165, 1.54) is 6.42 Å². The van der Waals surface area contributed by atoms with Crippen LogP contribution in [-0.4, -0.2) is 40.6 Å². The van der Waals surface area contributed by atoms with E-state index in [2.05, 4.69) is 13.8 Å². The van der Waals surface area contributed by atoms with Crippen LogP contribution >= 0.6 is 0 Å². The molecule has 0 aromatic carbocycles. The van der Waals surface area contributed by atoms with Crippen LogP contribution in [0.15, 0.2) is 0 Å². The lowest BCUT2D eigenvalue weighted by Crippen LogP contribution is -2.64. The lowest BCUT2D eigenvalue weighted by atomic mass is 9.95. The molecule has 0 aromatic rings. The molecule has 0 saturated carbocycles. The molecule has 1 heterocycles. The monoisotopic (exact) mass is 242 g/mol. The lowest BCUT2D eigenvalue weighted by Gasteiger charge is -2.45. The van der Waals surface area contributed by atoms with Crippen molar-refractivity contribution in [3.8, 4) is 0 Å². The van der Waals surface area contributed by atoms with Crippen LogP contribution in [0.1, 0.15) is 46.5 Å². The maximum absolute atomic E-state index is 11.8. The van der Waals surface area contributed by atoms with Gasteiger partial charge in [0.05, 0.1) is 24.7 Å². The summed E-state index contributed by atoms with van der Waals surface area (Å²) in [6, 6.07) is -0.390. The van der Waals surface area contributed by atoms with Crippen molar-refractivity contribution in [3.63, 3.8) is 0 Å². The van der Waals surface area contributed by atoms with Gasteiger partial charge in [-0.3, -0.25) is 4.79 Å². The molecule has 0 aliphatic carbocycles. The van der Waals surface area contributed by atoms with Crippen LogP contribution in [0.2, 0.25) is 0 Å². The molecule has 4 nitrogen and oxygen atoms in total. The van der Waals surface area contributed by atoms with Crippen molar-refractivity contribution < 1.29 is 9.90 Å². The number of β-amino-alcohol motifs (C(OH)–C–C–N with tert-alkyl or cyclic N) is 1. The molecule has 0 bridgehead atoms. The molecular formula is C13H26N2O2. The van der Waals surface area contributed by atoms with Crippen LogP contribution in [-0.2, 0) is 4.79 Å². The van der Waals surface area contributed by atoms with Crippen molar-refractivity contribution in [2.45, 2.75) is 58.1 Å². The van der Waals surface area contributed by atoms with Crippen molar-refractivity contribution in [1.29, 1.82) is 0 Å². The molecule has 1 atom stereocenters. The van der Waals surface area contributed by atoms with Crippen molar-refractivity contribution in [1.82, 2.24) is 4.90 Å². The number of nitrogens with two attached hydrogens (primary N) is 1. The molecule has 1 rings (SSSR count). The average Bonchev–Trinajstić information content (AvgIpc) is 2.19. The van der Waals surface area contributed by atoms with Gasteiger partial charge in [-0.05, 0) is 19.3 Å². The van der Waals surface area contributed by atoms with Crippen molar-refractivity contribution in [2.24, 2.45) is 11.7 Å². The first-order valence-electron chi connectivity index (χ1n) is 6.58. The summed E-state index contributed by atoms with van der Waals surface area (Å²) < 4.78 is 0. The molecule has 0 aromatic heterocycles. The Kier molecular flexibility index (Phi) is 4.95. The Morgan fingerprint density at radius 1 is 1.35 bits per heavy atom. The first-order valence-corrected chi connectivity index (χ1v) is 6.58. The van der Waals surface area contributed by atoms with Crippen LogP contribution in [0.5, 0.6) is 0 Å². The van der Waals surface area contributed by atoms with Gasteiger partial charge in [-0.1, -0.05) is 33.1 Å². The molecule has 1 amide bonds. The van der Waals surface area contributed by atoms with Gasteiger partial charge in [0.2, 0.25) is 5.91 Å². The van der Waals surface area contributed by atoms with E-state index in [1.54, 1.807) is 11.8 Å². The zero-order chi connectivity index (χ0) is 13.1. The molecule has 1 unspecified atom stereocenters. The Morgan fingerprint density at radius 3 is 2.35 bits per heavy atom.